The summed E-state index contributed by atoms with van der Waals surface area (Å²) in [6, 6.07) is 21.1. The molecule has 13 heteroatoms. The van der Waals surface area contributed by atoms with Crippen LogP contribution in [0.4, 0.5) is 8.78 Å². The van der Waals surface area contributed by atoms with Gasteiger partial charge in [0.15, 0.2) is 0 Å². The fourth-order valence-corrected chi connectivity index (χ4v) is 5.53. The van der Waals surface area contributed by atoms with Gasteiger partial charge in [-0.1, -0.05) is 66.7 Å². The van der Waals surface area contributed by atoms with Gasteiger partial charge < -0.3 is 0 Å². The van der Waals surface area contributed by atoms with Crippen LogP contribution in [0.3, 0.4) is 0 Å². The molecule has 3 aromatic carbocycles. The summed E-state index contributed by atoms with van der Waals surface area (Å²) in [4.78, 5) is 7.92. The summed E-state index contributed by atoms with van der Waals surface area (Å²) < 4.78 is 64.7. The third kappa shape index (κ3) is 6.91. The number of halogens is 2. The van der Waals surface area contributed by atoms with Gasteiger partial charge in [-0.15, -0.1) is 0 Å². The summed E-state index contributed by atoms with van der Waals surface area (Å²) in [6.07, 6.45) is 5.36. The van der Waals surface area contributed by atoms with Gasteiger partial charge in [-0.2, -0.15) is 10.2 Å². The topological polar surface area (TPSA) is 106 Å². The molecule has 5 aromatic rings. The second kappa shape index (κ2) is 12.4. The second-order valence-corrected chi connectivity index (χ2v) is 10.5. The Balaban J connectivity index is 1.58. The zero-order valence-electron chi connectivity index (χ0n) is 21.2. The van der Waals surface area contributed by atoms with E-state index in [1.54, 1.807) is 24.3 Å². The summed E-state index contributed by atoms with van der Waals surface area (Å²) in [5.74, 6) is -1.72. The molecule has 0 spiro atoms. The monoisotopic (exact) mass is 566 g/mol. The number of benzene rings is 3. The molecule has 0 unspecified atom stereocenters. The normalized spacial score (nSPS) is 12.1. The quantitative estimate of drug-likeness (QED) is 0.177. The van der Waals surface area contributed by atoms with E-state index in [0.29, 0.717) is 11.1 Å². The highest BCUT2D eigenvalue weighted by Gasteiger charge is 2.46. The fraction of sp³-hybridized carbons (Fsp3) is 0.185. The number of aromatic nitrogens is 6. The molecule has 40 heavy (non-hydrogen) atoms. The van der Waals surface area contributed by atoms with Gasteiger partial charge in [0.05, 0.1) is 26.3 Å². The summed E-state index contributed by atoms with van der Waals surface area (Å²) in [6.45, 7) is -0.658. The van der Waals surface area contributed by atoms with Crippen molar-refractivity contribution < 1.29 is 26.9 Å². The standard InChI is InChI=1S/C27H25F2N6O4P/c28-24-11-12-25(26(29)13-24)27(16-34-20-30-18-32-34,17-35-21-31-19-33-35)39-40(36,37-14-22-7-3-1-4-8-22)38-15-23-9-5-2-6-10-23/h1-13,18-21H,14-17H2. The van der Waals surface area contributed by atoms with Crippen molar-refractivity contribution in [3.8, 4) is 0 Å². The minimum absolute atomic E-state index is 0.119. The number of hydrogen-bond donors (Lipinski definition) is 0. The van der Waals surface area contributed by atoms with Crippen molar-refractivity contribution in [1.29, 1.82) is 0 Å². The lowest BCUT2D eigenvalue weighted by atomic mass is 9.93. The van der Waals surface area contributed by atoms with Gasteiger partial charge in [0.1, 0.15) is 42.5 Å². The van der Waals surface area contributed by atoms with Gasteiger partial charge in [0.2, 0.25) is 0 Å². The van der Waals surface area contributed by atoms with Crippen LogP contribution in [0.1, 0.15) is 16.7 Å². The lowest BCUT2D eigenvalue weighted by Gasteiger charge is -2.36. The van der Waals surface area contributed by atoms with E-state index in [-0.39, 0.29) is 31.9 Å². The van der Waals surface area contributed by atoms with Crippen molar-refractivity contribution in [1.82, 2.24) is 29.5 Å². The Morgan fingerprint density at radius 2 is 1.27 bits per heavy atom. The second-order valence-electron chi connectivity index (χ2n) is 8.86. The predicted octanol–water partition coefficient (Wildman–Crippen LogP) is 5.30. The van der Waals surface area contributed by atoms with Gasteiger partial charge in [-0.25, -0.2) is 32.7 Å². The maximum absolute atomic E-state index is 15.5. The van der Waals surface area contributed by atoms with Gasteiger partial charge in [-0.05, 0) is 17.2 Å². The predicted molar refractivity (Wildman–Crippen MR) is 139 cm³/mol. The van der Waals surface area contributed by atoms with Crippen molar-refractivity contribution in [3.63, 3.8) is 0 Å². The van der Waals surface area contributed by atoms with E-state index in [1.807, 2.05) is 36.4 Å². The zero-order chi connectivity index (χ0) is 27.8. The average molecular weight is 567 g/mol. The first-order chi connectivity index (χ1) is 19.4. The molecule has 2 heterocycles. The number of rotatable bonds is 13. The van der Waals surface area contributed by atoms with E-state index >= 15 is 4.39 Å². The van der Waals surface area contributed by atoms with Crippen molar-refractivity contribution in [2.75, 3.05) is 0 Å². The lowest BCUT2D eigenvalue weighted by molar-refractivity contribution is -0.0291. The van der Waals surface area contributed by atoms with Gasteiger partial charge in [0, 0.05) is 11.6 Å². The van der Waals surface area contributed by atoms with Crippen molar-refractivity contribution >= 4 is 7.82 Å². The van der Waals surface area contributed by atoms with Crippen LogP contribution in [0.25, 0.3) is 0 Å². The smallest absolute Gasteiger partial charge is 0.282 e. The molecule has 0 fully saturated rings. The highest BCUT2D eigenvalue weighted by molar-refractivity contribution is 7.48. The number of phosphoric acid groups is 1. The van der Waals surface area contributed by atoms with Gasteiger partial charge >= 0.3 is 7.82 Å². The molecule has 0 aliphatic carbocycles. The Morgan fingerprint density at radius 1 is 0.750 bits per heavy atom. The molecule has 206 valence electrons. The minimum atomic E-state index is -4.49. The minimum Gasteiger partial charge on any atom is -0.282 e. The van der Waals surface area contributed by atoms with Crippen LogP contribution in [0, 0.1) is 11.6 Å². The molecule has 2 aromatic heterocycles. The van der Waals surface area contributed by atoms with Crippen LogP contribution in [0.5, 0.6) is 0 Å². The first-order valence-corrected chi connectivity index (χ1v) is 13.7. The Kier molecular flexibility index (Phi) is 8.51. The molecule has 0 bridgehead atoms. The molecular weight excluding hydrogens is 541 g/mol. The summed E-state index contributed by atoms with van der Waals surface area (Å²) >= 11 is 0. The molecule has 10 nitrogen and oxygen atoms in total. The first-order valence-electron chi connectivity index (χ1n) is 12.2. The van der Waals surface area contributed by atoms with E-state index in [0.717, 1.165) is 12.1 Å². The molecule has 0 saturated heterocycles. The number of hydrogen-bond acceptors (Lipinski definition) is 8. The number of nitrogens with zero attached hydrogens (tertiary/aromatic N) is 6. The molecular formula is C27H25F2N6O4P. The molecule has 0 aliphatic heterocycles. The molecule has 5 rings (SSSR count). The maximum atomic E-state index is 15.5. The third-order valence-corrected chi connectivity index (χ3v) is 7.40. The molecule has 0 radical (unpaired) electrons. The van der Waals surface area contributed by atoms with Crippen LogP contribution in [0.15, 0.2) is 104 Å². The maximum Gasteiger partial charge on any atom is 0.476 e. The van der Waals surface area contributed by atoms with Crippen LogP contribution in [-0.2, 0) is 50.0 Å². The largest absolute Gasteiger partial charge is 0.476 e. The number of phosphoric ester groups is 1. The Hall–Kier alpha value is -4.09. The molecule has 0 saturated carbocycles. The van der Waals surface area contributed by atoms with Crippen LogP contribution in [0.2, 0.25) is 0 Å². The Morgan fingerprint density at radius 3 is 1.73 bits per heavy atom. The first kappa shape index (κ1) is 27.5. The van der Waals surface area contributed by atoms with E-state index in [2.05, 4.69) is 20.2 Å². The highest BCUT2D eigenvalue weighted by Crippen LogP contribution is 2.57. The third-order valence-electron chi connectivity index (χ3n) is 5.94. The summed E-state index contributed by atoms with van der Waals surface area (Å²) in [5.41, 5.74) is -0.532. The van der Waals surface area contributed by atoms with E-state index < -0.39 is 25.1 Å². The molecule has 0 aliphatic rings. The van der Waals surface area contributed by atoms with Crippen LogP contribution < -0.4 is 0 Å². The van der Waals surface area contributed by atoms with Crippen molar-refractivity contribution in [3.05, 3.63) is 132 Å². The summed E-state index contributed by atoms with van der Waals surface area (Å²) in [5, 5.41) is 8.27. The fourth-order valence-electron chi connectivity index (χ4n) is 4.10. The molecule has 0 atom stereocenters. The average Bonchev–Trinajstić information content (AvgIpc) is 3.67. The molecule has 0 amide bonds. The summed E-state index contributed by atoms with van der Waals surface area (Å²) in [7, 11) is -4.49. The van der Waals surface area contributed by atoms with Crippen molar-refractivity contribution in [2.24, 2.45) is 0 Å². The Bertz CT molecular complexity index is 1460. The van der Waals surface area contributed by atoms with Gasteiger partial charge in [-0.3, -0.25) is 13.6 Å². The van der Waals surface area contributed by atoms with E-state index in [1.165, 1.54) is 40.7 Å². The highest BCUT2D eigenvalue weighted by atomic mass is 31.2. The van der Waals surface area contributed by atoms with Crippen LogP contribution in [-0.4, -0.2) is 29.5 Å². The van der Waals surface area contributed by atoms with Crippen molar-refractivity contribution in [2.45, 2.75) is 31.9 Å². The lowest BCUT2D eigenvalue weighted by Crippen LogP contribution is -2.40. The Labute approximate surface area is 228 Å². The van der Waals surface area contributed by atoms with E-state index in [4.69, 9.17) is 13.6 Å². The van der Waals surface area contributed by atoms with Crippen LogP contribution >= 0.6 is 7.82 Å². The SMILES string of the molecule is O=P(OCc1ccccc1)(OCc1ccccc1)OC(Cn1cncn1)(Cn1cncn1)c1ccc(F)cc1F. The van der Waals surface area contributed by atoms with E-state index in [9.17, 15) is 8.96 Å². The zero-order valence-corrected chi connectivity index (χ0v) is 22.1. The van der Waals surface area contributed by atoms with Gasteiger partial charge in [0.25, 0.3) is 0 Å². The molecule has 0 N–H and O–H groups in total.